The summed E-state index contributed by atoms with van der Waals surface area (Å²) in [6.07, 6.45) is -3.26. The second-order valence-corrected chi connectivity index (χ2v) is 8.80. The van der Waals surface area contributed by atoms with Crippen LogP contribution in [0.5, 0.6) is 5.75 Å². The first-order valence-electron chi connectivity index (χ1n) is 8.77. The number of halogens is 4. The van der Waals surface area contributed by atoms with Gasteiger partial charge in [0.25, 0.3) is 0 Å². The number of hydrogen-bond acceptors (Lipinski definition) is 5. The van der Waals surface area contributed by atoms with Crippen molar-refractivity contribution in [2.75, 3.05) is 7.11 Å². The zero-order valence-electron chi connectivity index (χ0n) is 16.0. The van der Waals surface area contributed by atoms with Crippen LogP contribution in [0.1, 0.15) is 30.7 Å². The minimum Gasteiger partial charge on any atom is -0.496 e. The Kier molecular flexibility index (Phi) is 5.57. The molecule has 2 aromatic heterocycles. The second kappa shape index (κ2) is 7.53. The lowest BCUT2D eigenvalue weighted by Crippen LogP contribution is -2.50. The zero-order valence-corrected chi connectivity index (χ0v) is 16.9. The third kappa shape index (κ3) is 4.35. The number of rotatable bonds is 6. The molecule has 0 saturated heterocycles. The largest absolute Gasteiger partial charge is 0.496 e. The summed E-state index contributed by atoms with van der Waals surface area (Å²) in [5.74, 6) is -0.325. The molecule has 3 rings (SSSR count). The molecule has 0 aliphatic rings. The van der Waals surface area contributed by atoms with Gasteiger partial charge in [0.1, 0.15) is 11.6 Å². The van der Waals surface area contributed by atoms with Crippen molar-refractivity contribution in [2.45, 2.75) is 43.9 Å². The number of alkyl halides is 3. The van der Waals surface area contributed by atoms with Crippen molar-refractivity contribution in [3.05, 3.63) is 52.9 Å². The van der Waals surface area contributed by atoms with Gasteiger partial charge < -0.3 is 9.84 Å². The van der Waals surface area contributed by atoms with Gasteiger partial charge in [0, 0.05) is 22.2 Å². The van der Waals surface area contributed by atoms with E-state index in [0.29, 0.717) is 15.0 Å². The number of methoxy groups -OCH3 is 1. The summed E-state index contributed by atoms with van der Waals surface area (Å²) in [4.78, 5) is 0.358. The second-order valence-electron chi connectivity index (χ2n) is 7.63. The van der Waals surface area contributed by atoms with Crippen LogP contribution in [0.3, 0.4) is 0 Å². The maximum absolute atomic E-state index is 14.0. The molecule has 0 fully saturated rings. The Morgan fingerprint density at radius 3 is 2.41 bits per heavy atom. The predicted octanol–water partition coefficient (Wildman–Crippen LogP) is 5.04. The fourth-order valence-electron chi connectivity index (χ4n) is 3.53. The van der Waals surface area contributed by atoms with E-state index in [1.807, 2.05) is 0 Å². The van der Waals surface area contributed by atoms with Gasteiger partial charge in [0.05, 0.1) is 24.2 Å². The first kappa shape index (κ1) is 21.4. The Morgan fingerprint density at radius 2 is 1.79 bits per heavy atom. The molecule has 156 valence electrons. The van der Waals surface area contributed by atoms with Gasteiger partial charge in [0.15, 0.2) is 5.60 Å². The molecule has 0 aliphatic carbocycles. The molecule has 1 unspecified atom stereocenters. The summed E-state index contributed by atoms with van der Waals surface area (Å²) >= 11 is 1.12. The van der Waals surface area contributed by atoms with Crippen LogP contribution in [0.15, 0.2) is 36.7 Å². The molecule has 0 bridgehead atoms. The zero-order chi connectivity index (χ0) is 21.4. The molecule has 0 aliphatic heterocycles. The average molecular weight is 428 g/mol. The van der Waals surface area contributed by atoms with Crippen LogP contribution >= 0.6 is 11.3 Å². The Bertz CT molecular complexity index is 986. The molecular formula is C20H20F4N2O2S. The number of fused-ring (bicyclic) bond motifs is 1. The molecule has 0 saturated carbocycles. The number of ether oxygens (including phenoxy) is 1. The van der Waals surface area contributed by atoms with Crippen LogP contribution < -0.4 is 4.74 Å². The Labute approximate surface area is 169 Å². The fourth-order valence-corrected chi connectivity index (χ4v) is 4.64. The number of nitrogens with zero attached hydrogens (tertiary/aromatic N) is 2. The Balaban J connectivity index is 1.99. The monoisotopic (exact) mass is 428 g/mol. The Morgan fingerprint density at radius 1 is 1.10 bits per heavy atom. The molecule has 2 heterocycles. The van der Waals surface area contributed by atoms with Crippen molar-refractivity contribution in [2.24, 2.45) is 0 Å². The van der Waals surface area contributed by atoms with Crippen molar-refractivity contribution in [1.29, 1.82) is 0 Å². The minimum absolute atomic E-state index is 0.257. The van der Waals surface area contributed by atoms with E-state index in [1.165, 1.54) is 45.5 Å². The molecule has 9 heteroatoms. The van der Waals surface area contributed by atoms with Crippen molar-refractivity contribution in [3.63, 3.8) is 0 Å². The molecule has 29 heavy (non-hydrogen) atoms. The van der Waals surface area contributed by atoms with Crippen LogP contribution in [0, 0.1) is 5.82 Å². The highest BCUT2D eigenvalue weighted by Gasteiger charge is 2.56. The van der Waals surface area contributed by atoms with E-state index in [2.05, 4.69) is 10.2 Å². The number of thiophene rings is 1. The van der Waals surface area contributed by atoms with E-state index in [4.69, 9.17) is 4.74 Å². The number of benzene rings is 1. The molecule has 0 amide bonds. The highest BCUT2D eigenvalue weighted by molar-refractivity contribution is 7.19. The van der Waals surface area contributed by atoms with Gasteiger partial charge in [-0.1, -0.05) is 13.8 Å². The van der Waals surface area contributed by atoms with E-state index in [0.717, 1.165) is 17.4 Å². The normalized spacial score (nSPS) is 14.8. The van der Waals surface area contributed by atoms with Crippen molar-refractivity contribution >= 4 is 21.4 Å². The molecule has 0 radical (unpaired) electrons. The van der Waals surface area contributed by atoms with Gasteiger partial charge in [-0.25, -0.2) is 4.39 Å². The maximum atomic E-state index is 14.0. The van der Waals surface area contributed by atoms with Gasteiger partial charge in [-0.2, -0.15) is 23.4 Å². The van der Waals surface area contributed by atoms with Crippen LogP contribution in [-0.4, -0.2) is 34.2 Å². The smallest absolute Gasteiger partial charge is 0.417 e. The summed E-state index contributed by atoms with van der Waals surface area (Å²) in [6, 6.07) is 5.26. The van der Waals surface area contributed by atoms with Gasteiger partial charge in [-0.3, -0.25) is 0 Å². The van der Waals surface area contributed by atoms with Gasteiger partial charge in [-0.05, 0) is 36.1 Å². The molecule has 1 aromatic carbocycles. The lowest BCUT2D eigenvalue weighted by Gasteiger charge is -2.38. The highest BCUT2D eigenvalue weighted by Crippen LogP contribution is 2.46. The highest BCUT2D eigenvalue weighted by atomic mass is 32.1. The SMILES string of the molecule is COc1ccc(F)cc1C(C)(C)CC(O)(Cc1cc2cnncc2s1)C(F)(F)F. The topological polar surface area (TPSA) is 55.2 Å². The lowest BCUT2D eigenvalue weighted by molar-refractivity contribution is -0.266. The molecule has 3 aromatic rings. The third-order valence-corrected chi connectivity index (χ3v) is 5.99. The predicted molar refractivity (Wildman–Crippen MR) is 103 cm³/mol. The summed E-state index contributed by atoms with van der Waals surface area (Å²) < 4.78 is 61.6. The van der Waals surface area contributed by atoms with E-state index < -0.39 is 35.9 Å². The van der Waals surface area contributed by atoms with Gasteiger partial charge >= 0.3 is 6.18 Å². The van der Waals surface area contributed by atoms with Crippen molar-refractivity contribution in [1.82, 2.24) is 10.2 Å². The number of aliphatic hydroxyl groups is 1. The summed E-state index contributed by atoms with van der Waals surface area (Å²) in [6.45, 7) is 3.06. The molecule has 1 N–H and O–H groups in total. The lowest BCUT2D eigenvalue weighted by atomic mass is 9.73. The summed E-state index contributed by atoms with van der Waals surface area (Å²) in [5, 5.41) is 18.9. The van der Waals surface area contributed by atoms with E-state index in [-0.39, 0.29) is 11.3 Å². The Hall–Kier alpha value is -2.26. The standard InChI is InChI=1S/C20H20F4N2O2S/c1-18(2,15-7-13(21)4-5-16(15)28-3)11-19(27,20(22,23)24)8-14-6-12-9-25-26-10-17(12)29-14/h4-7,9-10,27H,8,11H2,1-3H3. The van der Waals surface area contributed by atoms with E-state index >= 15 is 0 Å². The molecular weight excluding hydrogens is 408 g/mol. The molecule has 4 nitrogen and oxygen atoms in total. The minimum atomic E-state index is -4.89. The number of hydrogen-bond donors (Lipinski definition) is 1. The quantitative estimate of drug-likeness (QED) is 0.559. The number of aromatic nitrogens is 2. The van der Waals surface area contributed by atoms with Crippen LogP contribution in [0.4, 0.5) is 17.6 Å². The maximum Gasteiger partial charge on any atom is 0.417 e. The van der Waals surface area contributed by atoms with Crippen molar-refractivity contribution in [3.8, 4) is 5.75 Å². The van der Waals surface area contributed by atoms with E-state index in [1.54, 1.807) is 6.07 Å². The van der Waals surface area contributed by atoms with Crippen LogP contribution in [-0.2, 0) is 11.8 Å². The van der Waals surface area contributed by atoms with Crippen molar-refractivity contribution < 1.29 is 27.4 Å². The van der Waals surface area contributed by atoms with Gasteiger partial charge in [-0.15, -0.1) is 11.3 Å². The van der Waals surface area contributed by atoms with Gasteiger partial charge in [0.2, 0.25) is 0 Å². The van der Waals surface area contributed by atoms with Crippen LogP contribution in [0.25, 0.3) is 10.1 Å². The molecule has 0 spiro atoms. The van der Waals surface area contributed by atoms with Crippen LogP contribution in [0.2, 0.25) is 0 Å². The molecule has 1 atom stereocenters. The average Bonchev–Trinajstić information content (AvgIpc) is 3.02. The first-order valence-corrected chi connectivity index (χ1v) is 9.59. The fraction of sp³-hybridized carbons (Fsp3) is 0.400. The summed E-state index contributed by atoms with van der Waals surface area (Å²) in [7, 11) is 1.36. The third-order valence-electron chi connectivity index (χ3n) is 4.90. The van der Waals surface area contributed by atoms with E-state index in [9.17, 15) is 22.7 Å². The first-order chi connectivity index (χ1) is 13.4. The summed E-state index contributed by atoms with van der Waals surface area (Å²) in [5.41, 5.74) is -3.99.